The molecular formula is C27H19F2NO4. The van der Waals surface area contributed by atoms with Gasteiger partial charge in [-0.3, -0.25) is 4.79 Å². The lowest BCUT2D eigenvalue weighted by molar-refractivity contribution is 0.0692. The number of anilines is 1. The number of benzene rings is 4. The van der Waals surface area contributed by atoms with Crippen molar-refractivity contribution in [1.82, 2.24) is 0 Å². The quantitative estimate of drug-likeness (QED) is 0.347. The first-order valence-electron chi connectivity index (χ1n) is 10.3. The van der Waals surface area contributed by atoms with Gasteiger partial charge in [-0.05, 0) is 53.1 Å². The van der Waals surface area contributed by atoms with Crippen LogP contribution in [-0.2, 0) is 6.61 Å². The molecule has 0 unspecified atom stereocenters. The fourth-order valence-electron chi connectivity index (χ4n) is 3.41. The summed E-state index contributed by atoms with van der Waals surface area (Å²) in [5, 5.41) is 11.4. The normalized spacial score (nSPS) is 10.5. The molecule has 4 aromatic rings. The molecule has 0 aliphatic heterocycles. The van der Waals surface area contributed by atoms with E-state index in [9.17, 15) is 23.5 Å². The molecule has 0 atom stereocenters. The number of carboxylic acid groups (broad SMARTS) is 1. The Kier molecular flexibility index (Phi) is 6.64. The van der Waals surface area contributed by atoms with Crippen LogP contribution in [0.5, 0.6) is 5.75 Å². The summed E-state index contributed by atoms with van der Waals surface area (Å²) in [6, 6.07) is 24.0. The van der Waals surface area contributed by atoms with Gasteiger partial charge in [0.2, 0.25) is 0 Å². The van der Waals surface area contributed by atoms with Crippen molar-refractivity contribution in [3.05, 3.63) is 119 Å². The first-order chi connectivity index (χ1) is 16.4. The molecule has 0 bridgehead atoms. The summed E-state index contributed by atoms with van der Waals surface area (Å²) < 4.78 is 35.4. The number of hydrogen-bond acceptors (Lipinski definition) is 3. The summed E-state index contributed by atoms with van der Waals surface area (Å²) in [6.45, 7) is 0.343. The highest BCUT2D eigenvalue weighted by Gasteiger charge is 2.20. The van der Waals surface area contributed by atoms with Crippen LogP contribution in [0.25, 0.3) is 11.1 Å². The van der Waals surface area contributed by atoms with E-state index in [0.717, 1.165) is 17.7 Å². The number of amides is 1. The van der Waals surface area contributed by atoms with Crippen LogP contribution in [0.15, 0.2) is 91.0 Å². The molecule has 0 aliphatic carbocycles. The third kappa shape index (κ3) is 5.10. The maximum atomic E-state index is 14.8. The Hall–Kier alpha value is -4.52. The van der Waals surface area contributed by atoms with Crippen molar-refractivity contribution in [2.75, 3.05) is 5.32 Å². The molecule has 0 saturated carbocycles. The van der Waals surface area contributed by atoms with Gasteiger partial charge in [-0.25, -0.2) is 13.6 Å². The minimum atomic E-state index is -1.32. The number of aromatic carboxylic acids is 1. The van der Waals surface area contributed by atoms with Crippen LogP contribution in [0.2, 0.25) is 0 Å². The van der Waals surface area contributed by atoms with Crippen LogP contribution >= 0.6 is 0 Å². The van der Waals surface area contributed by atoms with E-state index in [4.69, 9.17) is 4.74 Å². The van der Waals surface area contributed by atoms with Gasteiger partial charge in [0.25, 0.3) is 5.91 Å². The molecular weight excluding hydrogens is 440 g/mol. The lowest BCUT2D eigenvalue weighted by Crippen LogP contribution is -2.18. The summed E-state index contributed by atoms with van der Waals surface area (Å²) in [7, 11) is 0. The molecule has 170 valence electrons. The van der Waals surface area contributed by atoms with Crippen LogP contribution in [0.1, 0.15) is 26.3 Å². The molecule has 4 aromatic carbocycles. The van der Waals surface area contributed by atoms with Gasteiger partial charge in [0.1, 0.15) is 29.7 Å². The smallest absolute Gasteiger partial charge is 0.336 e. The molecule has 0 radical (unpaired) electrons. The van der Waals surface area contributed by atoms with Gasteiger partial charge < -0.3 is 15.2 Å². The van der Waals surface area contributed by atoms with E-state index in [0.29, 0.717) is 17.9 Å². The Bertz CT molecular complexity index is 1330. The second-order valence-electron chi connectivity index (χ2n) is 7.42. The van der Waals surface area contributed by atoms with Gasteiger partial charge in [-0.15, -0.1) is 0 Å². The zero-order chi connectivity index (χ0) is 24.1. The van der Waals surface area contributed by atoms with Crippen molar-refractivity contribution in [1.29, 1.82) is 0 Å². The van der Waals surface area contributed by atoms with E-state index in [-0.39, 0.29) is 16.7 Å². The fraction of sp³-hybridized carbons (Fsp3) is 0.0370. The van der Waals surface area contributed by atoms with E-state index < -0.39 is 29.2 Å². The first kappa shape index (κ1) is 22.7. The molecule has 0 aromatic heterocycles. The van der Waals surface area contributed by atoms with Gasteiger partial charge >= 0.3 is 5.97 Å². The van der Waals surface area contributed by atoms with Crippen LogP contribution in [0.3, 0.4) is 0 Å². The zero-order valence-corrected chi connectivity index (χ0v) is 17.8. The van der Waals surface area contributed by atoms with Gasteiger partial charge in [0, 0.05) is 0 Å². The van der Waals surface area contributed by atoms with Gasteiger partial charge in [-0.1, -0.05) is 54.6 Å². The highest BCUT2D eigenvalue weighted by atomic mass is 19.1. The second kappa shape index (κ2) is 9.95. The number of carbonyl (C=O) groups excluding carboxylic acids is 1. The highest BCUT2D eigenvalue weighted by Crippen LogP contribution is 2.30. The lowest BCUT2D eigenvalue weighted by atomic mass is 10.0. The average molecular weight is 459 g/mol. The molecule has 0 aliphatic rings. The Labute approximate surface area is 194 Å². The van der Waals surface area contributed by atoms with E-state index in [2.05, 4.69) is 5.32 Å². The van der Waals surface area contributed by atoms with Gasteiger partial charge in [0.05, 0.1) is 11.1 Å². The van der Waals surface area contributed by atoms with Crippen molar-refractivity contribution in [3.8, 4) is 16.9 Å². The average Bonchev–Trinajstić information content (AvgIpc) is 2.85. The second-order valence-corrected chi connectivity index (χ2v) is 7.42. The van der Waals surface area contributed by atoms with Crippen molar-refractivity contribution in [3.63, 3.8) is 0 Å². The van der Waals surface area contributed by atoms with Crippen LogP contribution < -0.4 is 10.1 Å². The van der Waals surface area contributed by atoms with Gasteiger partial charge in [0.15, 0.2) is 0 Å². The SMILES string of the molecule is O=C(O)c1ccccc1C(=O)Nc1c(F)cc(-c2cccc(OCc3ccccc3)c2)cc1F. The first-order valence-corrected chi connectivity index (χ1v) is 10.3. The number of ether oxygens (including phenoxy) is 1. The molecule has 0 spiro atoms. The minimum absolute atomic E-state index is 0.207. The number of halogens is 2. The Morgan fingerprint density at radius 3 is 2.09 bits per heavy atom. The lowest BCUT2D eigenvalue weighted by Gasteiger charge is -2.12. The summed E-state index contributed by atoms with van der Waals surface area (Å²) in [4.78, 5) is 23.8. The maximum Gasteiger partial charge on any atom is 0.336 e. The standard InChI is InChI=1S/C27H19F2NO4/c28-23-14-19(18-9-6-10-20(13-18)34-16-17-7-2-1-3-8-17)15-24(29)25(23)30-26(31)21-11-4-5-12-22(21)27(32)33/h1-15H,16H2,(H,30,31)(H,32,33). The predicted molar refractivity (Wildman–Crippen MR) is 124 cm³/mol. The molecule has 0 heterocycles. The number of rotatable bonds is 7. The van der Waals surface area contributed by atoms with Crippen molar-refractivity contribution in [2.45, 2.75) is 6.61 Å². The molecule has 2 N–H and O–H groups in total. The summed E-state index contributed by atoms with van der Waals surface area (Å²) >= 11 is 0. The third-order valence-corrected chi connectivity index (χ3v) is 5.10. The maximum absolute atomic E-state index is 14.8. The van der Waals surface area contributed by atoms with Crippen molar-refractivity contribution >= 4 is 17.6 Å². The largest absolute Gasteiger partial charge is 0.489 e. The predicted octanol–water partition coefficient (Wildman–Crippen LogP) is 6.16. The summed E-state index contributed by atoms with van der Waals surface area (Å²) in [5.41, 5.74) is 0.618. The van der Waals surface area contributed by atoms with Crippen LogP contribution in [0, 0.1) is 11.6 Å². The van der Waals surface area contributed by atoms with Crippen LogP contribution in [0.4, 0.5) is 14.5 Å². The molecule has 4 rings (SSSR count). The fourth-order valence-corrected chi connectivity index (χ4v) is 3.41. The molecule has 0 saturated heterocycles. The van der Waals surface area contributed by atoms with Crippen molar-refractivity contribution in [2.24, 2.45) is 0 Å². The van der Waals surface area contributed by atoms with Gasteiger partial charge in [-0.2, -0.15) is 0 Å². The van der Waals surface area contributed by atoms with E-state index >= 15 is 0 Å². The van der Waals surface area contributed by atoms with Crippen molar-refractivity contribution < 1.29 is 28.2 Å². The number of carboxylic acids is 1. The third-order valence-electron chi connectivity index (χ3n) is 5.10. The Balaban J connectivity index is 1.55. The van der Waals surface area contributed by atoms with E-state index in [1.165, 1.54) is 24.3 Å². The number of nitrogens with one attached hydrogen (secondary N) is 1. The molecule has 7 heteroatoms. The Morgan fingerprint density at radius 2 is 1.41 bits per heavy atom. The minimum Gasteiger partial charge on any atom is -0.489 e. The monoisotopic (exact) mass is 459 g/mol. The topological polar surface area (TPSA) is 75.6 Å². The van der Waals surface area contributed by atoms with E-state index in [1.54, 1.807) is 24.3 Å². The number of carbonyl (C=O) groups is 2. The summed E-state index contributed by atoms with van der Waals surface area (Å²) in [5.74, 6) is -3.71. The zero-order valence-electron chi connectivity index (χ0n) is 17.8. The molecule has 34 heavy (non-hydrogen) atoms. The summed E-state index contributed by atoms with van der Waals surface area (Å²) in [6.07, 6.45) is 0. The molecule has 1 amide bonds. The molecule has 5 nitrogen and oxygen atoms in total. The van der Waals surface area contributed by atoms with Crippen LogP contribution in [-0.4, -0.2) is 17.0 Å². The van der Waals surface area contributed by atoms with E-state index in [1.807, 2.05) is 30.3 Å². The Morgan fingerprint density at radius 1 is 0.765 bits per heavy atom. The molecule has 0 fully saturated rings. The number of hydrogen-bond donors (Lipinski definition) is 2. The highest BCUT2D eigenvalue weighted by molar-refractivity contribution is 6.10.